The second-order valence-electron chi connectivity index (χ2n) is 12.3. The number of fused-ring (bicyclic) bond motifs is 11. The number of benzene rings is 7. The second kappa shape index (κ2) is 9.88. The van der Waals surface area contributed by atoms with Crippen molar-refractivity contribution in [2.24, 2.45) is 0 Å². The Hall–Kier alpha value is -5.75. The third-order valence-electron chi connectivity index (χ3n) is 9.65. The van der Waals surface area contributed by atoms with E-state index in [0.29, 0.717) is 5.89 Å². The lowest BCUT2D eigenvalue weighted by atomic mass is 10.0. The van der Waals surface area contributed by atoms with Crippen molar-refractivity contribution in [1.82, 2.24) is 9.55 Å². The normalized spacial score (nSPS) is 12.2. The number of rotatable bonds is 3. The Morgan fingerprint density at radius 2 is 1.19 bits per heavy atom. The van der Waals surface area contributed by atoms with Crippen LogP contribution in [0, 0.1) is 0 Å². The van der Waals surface area contributed by atoms with E-state index in [2.05, 4.69) is 150 Å². The van der Waals surface area contributed by atoms with Crippen molar-refractivity contribution in [2.75, 3.05) is 0 Å². The molecular weight excluding hydrogens is 625 g/mol. The minimum Gasteiger partial charge on any atom is -0.436 e. The zero-order valence-electron chi connectivity index (χ0n) is 25.5. The monoisotopic (exact) mass is 648 g/mol. The maximum absolute atomic E-state index is 6.66. The number of nitrogens with zero attached hydrogens (tertiary/aromatic N) is 2. The van der Waals surface area contributed by atoms with E-state index in [1.807, 2.05) is 22.7 Å². The molecule has 0 saturated carbocycles. The Morgan fingerprint density at radius 3 is 2.00 bits per heavy atom. The smallest absolute Gasteiger partial charge is 0.228 e. The number of thiophene rings is 2. The molecule has 224 valence electrons. The topological polar surface area (TPSA) is 31.0 Å². The first-order valence-electron chi connectivity index (χ1n) is 16.0. The predicted octanol–water partition coefficient (Wildman–Crippen LogP) is 13.0. The highest BCUT2D eigenvalue weighted by Crippen LogP contribution is 2.46. The standard InChI is InChI=1S/C43H24N2OS2/c1-2-10-25(11-3-1)26-18-22-37-31(24-26)40-38(47-37)23-21-35-41(40)44-43(46-35)30-19-20-34(39-29-14-6-9-17-36(29)48-42(30)39)45-32-15-7-4-12-27(32)28-13-5-8-16-33(28)45/h1-24H. The summed E-state index contributed by atoms with van der Waals surface area (Å²) in [4.78, 5) is 5.29. The highest BCUT2D eigenvalue weighted by Gasteiger charge is 2.22. The van der Waals surface area contributed by atoms with Gasteiger partial charge in [-0.15, -0.1) is 22.7 Å². The molecule has 0 atom stereocenters. The molecule has 0 N–H and O–H groups in total. The van der Waals surface area contributed by atoms with Crippen LogP contribution in [0.3, 0.4) is 0 Å². The van der Waals surface area contributed by atoms with Crippen LogP contribution in [0.5, 0.6) is 0 Å². The molecule has 0 unspecified atom stereocenters. The molecule has 3 nitrogen and oxygen atoms in total. The van der Waals surface area contributed by atoms with Gasteiger partial charge in [-0.1, -0.05) is 91.0 Å². The molecule has 0 aliphatic carbocycles. The van der Waals surface area contributed by atoms with E-state index in [4.69, 9.17) is 9.40 Å². The molecule has 0 radical (unpaired) electrons. The first kappa shape index (κ1) is 26.3. The van der Waals surface area contributed by atoms with Gasteiger partial charge in [-0.05, 0) is 65.7 Å². The van der Waals surface area contributed by atoms with Gasteiger partial charge in [0.05, 0.1) is 27.0 Å². The summed E-state index contributed by atoms with van der Waals surface area (Å²) < 4.78 is 14.0. The number of hydrogen-bond acceptors (Lipinski definition) is 4. The molecule has 11 aromatic rings. The highest BCUT2D eigenvalue weighted by molar-refractivity contribution is 7.26. The van der Waals surface area contributed by atoms with Gasteiger partial charge in [0, 0.05) is 46.4 Å². The van der Waals surface area contributed by atoms with Crippen molar-refractivity contribution in [3.05, 3.63) is 146 Å². The van der Waals surface area contributed by atoms with E-state index in [-0.39, 0.29) is 0 Å². The lowest BCUT2D eigenvalue weighted by molar-refractivity contribution is 0.621. The van der Waals surface area contributed by atoms with Crippen molar-refractivity contribution >= 4 is 95.9 Å². The average molecular weight is 649 g/mol. The number of oxazole rings is 1. The molecule has 4 aromatic heterocycles. The van der Waals surface area contributed by atoms with E-state index in [9.17, 15) is 0 Å². The SMILES string of the molecule is c1ccc(-c2ccc3sc4ccc5oc(-c6ccc(-n7c8ccccc8c8ccccc87)c7c6sc6ccccc67)nc5c4c3c2)cc1. The van der Waals surface area contributed by atoms with Crippen molar-refractivity contribution in [3.8, 4) is 28.3 Å². The summed E-state index contributed by atoms with van der Waals surface area (Å²) in [6.45, 7) is 0. The van der Waals surface area contributed by atoms with Gasteiger partial charge in [0.25, 0.3) is 0 Å². The van der Waals surface area contributed by atoms with Crippen LogP contribution in [-0.4, -0.2) is 9.55 Å². The summed E-state index contributed by atoms with van der Waals surface area (Å²) in [7, 11) is 0. The molecule has 0 aliphatic rings. The average Bonchev–Trinajstić information content (AvgIpc) is 3.91. The Balaban J connectivity index is 1.18. The maximum Gasteiger partial charge on any atom is 0.228 e. The van der Waals surface area contributed by atoms with Gasteiger partial charge in [-0.3, -0.25) is 0 Å². The third-order valence-corrected chi connectivity index (χ3v) is 12.0. The molecule has 0 spiro atoms. The Kier molecular flexibility index (Phi) is 5.42. The highest BCUT2D eigenvalue weighted by atomic mass is 32.1. The zero-order chi connectivity index (χ0) is 31.3. The molecule has 7 aromatic carbocycles. The molecular formula is C43H24N2OS2. The largest absolute Gasteiger partial charge is 0.436 e. The molecule has 0 bridgehead atoms. The maximum atomic E-state index is 6.66. The zero-order valence-corrected chi connectivity index (χ0v) is 27.1. The summed E-state index contributed by atoms with van der Waals surface area (Å²) in [6.07, 6.45) is 0. The molecule has 5 heteroatoms. The van der Waals surface area contributed by atoms with E-state index >= 15 is 0 Å². The van der Waals surface area contributed by atoms with Crippen LogP contribution in [0.15, 0.2) is 150 Å². The van der Waals surface area contributed by atoms with E-state index < -0.39 is 0 Å². The first-order valence-corrected chi connectivity index (χ1v) is 17.7. The summed E-state index contributed by atoms with van der Waals surface area (Å²) in [5.41, 5.74) is 8.73. The Labute approximate surface area is 282 Å². The number of para-hydroxylation sites is 2. The van der Waals surface area contributed by atoms with E-state index in [0.717, 1.165) is 22.0 Å². The first-order chi connectivity index (χ1) is 23.8. The molecule has 11 rings (SSSR count). The molecule has 4 heterocycles. The van der Waals surface area contributed by atoms with Crippen LogP contribution in [0.1, 0.15) is 0 Å². The lowest BCUT2D eigenvalue weighted by Gasteiger charge is -2.11. The third kappa shape index (κ3) is 3.66. The molecule has 0 amide bonds. The predicted molar refractivity (Wildman–Crippen MR) is 205 cm³/mol. The van der Waals surface area contributed by atoms with Crippen molar-refractivity contribution in [1.29, 1.82) is 0 Å². The van der Waals surface area contributed by atoms with Crippen LogP contribution in [0.2, 0.25) is 0 Å². The van der Waals surface area contributed by atoms with Gasteiger partial charge in [0.15, 0.2) is 5.58 Å². The van der Waals surface area contributed by atoms with E-state index in [1.54, 1.807) is 0 Å². The van der Waals surface area contributed by atoms with Gasteiger partial charge >= 0.3 is 0 Å². The fourth-order valence-electron chi connectivity index (χ4n) is 7.53. The van der Waals surface area contributed by atoms with Crippen molar-refractivity contribution in [3.63, 3.8) is 0 Å². The van der Waals surface area contributed by atoms with Crippen LogP contribution >= 0.6 is 22.7 Å². The summed E-state index contributed by atoms with van der Waals surface area (Å²) in [5.74, 6) is 0.654. The van der Waals surface area contributed by atoms with Gasteiger partial charge < -0.3 is 8.98 Å². The fourth-order valence-corrected chi connectivity index (χ4v) is 9.84. The Morgan fingerprint density at radius 1 is 0.500 bits per heavy atom. The van der Waals surface area contributed by atoms with Gasteiger partial charge in [-0.2, -0.15) is 0 Å². The minimum absolute atomic E-state index is 0.654. The minimum atomic E-state index is 0.654. The van der Waals surface area contributed by atoms with Gasteiger partial charge in [0.2, 0.25) is 5.89 Å². The number of aromatic nitrogens is 2. The van der Waals surface area contributed by atoms with Gasteiger partial charge in [-0.25, -0.2) is 4.98 Å². The van der Waals surface area contributed by atoms with Crippen LogP contribution in [-0.2, 0) is 0 Å². The summed E-state index contributed by atoms with van der Waals surface area (Å²) in [6, 6.07) is 52.2. The quantitative estimate of drug-likeness (QED) is 0.191. The van der Waals surface area contributed by atoms with Crippen LogP contribution in [0.4, 0.5) is 0 Å². The fraction of sp³-hybridized carbons (Fsp3) is 0. The second-order valence-corrected chi connectivity index (χ2v) is 14.4. The lowest BCUT2D eigenvalue weighted by Crippen LogP contribution is -1.95. The number of hydrogen-bond donors (Lipinski definition) is 0. The van der Waals surface area contributed by atoms with Crippen molar-refractivity contribution in [2.45, 2.75) is 0 Å². The molecule has 0 fully saturated rings. The van der Waals surface area contributed by atoms with Gasteiger partial charge in [0.1, 0.15) is 5.52 Å². The van der Waals surface area contributed by atoms with Crippen molar-refractivity contribution < 1.29 is 4.42 Å². The Bertz CT molecular complexity index is 3010. The molecule has 0 saturated heterocycles. The summed E-state index contributed by atoms with van der Waals surface area (Å²) >= 11 is 3.62. The molecule has 48 heavy (non-hydrogen) atoms. The van der Waals surface area contributed by atoms with Crippen LogP contribution < -0.4 is 0 Å². The summed E-state index contributed by atoms with van der Waals surface area (Å²) in [5, 5.41) is 7.36. The molecule has 0 aliphatic heterocycles. The van der Waals surface area contributed by atoms with Crippen LogP contribution in [0.25, 0.3) is 102 Å². The van der Waals surface area contributed by atoms with E-state index in [1.165, 1.54) is 73.6 Å².